The number of carbonyl (C=O) groups is 1. The summed E-state index contributed by atoms with van der Waals surface area (Å²) in [4.78, 5) is 12.1. The van der Waals surface area contributed by atoms with Crippen LogP contribution < -0.4 is 10.1 Å². The van der Waals surface area contributed by atoms with Crippen molar-refractivity contribution in [1.82, 2.24) is 9.88 Å². The Morgan fingerprint density at radius 1 is 1.29 bits per heavy atom. The number of nitrogens with one attached hydrogen (secondary N) is 1. The van der Waals surface area contributed by atoms with Crippen molar-refractivity contribution in [2.24, 2.45) is 0 Å². The van der Waals surface area contributed by atoms with Gasteiger partial charge in [0, 0.05) is 24.0 Å². The van der Waals surface area contributed by atoms with Crippen molar-refractivity contribution in [3.05, 3.63) is 52.8 Å². The second-order valence-corrected chi connectivity index (χ2v) is 6.63. The molecule has 0 aliphatic heterocycles. The smallest absolute Gasteiger partial charge is 0.224 e. The Morgan fingerprint density at radius 2 is 2.08 bits per heavy atom. The van der Waals surface area contributed by atoms with Crippen LogP contribution in [0.4, 0.5) is 0 Å². The maximum Gasteiger partial charge on any atom is 0.224 e. The predicted molar refractivity (Wildman–Crippen MR) is 95.6 cm³/mol. The lowest BCUT2D eigenvalue weighted by Crippen LogP contribution is -2.27. The summed E-state index contributed by atoms with van der Waals surface area (Å²) < 4.78 is 7.64. The molecule has 0 radical (unpaired) electrons. The third-order valence-electron chi connectivity index (χ3n) is 4.72. The van der Waals surface area contributed by atoms with Crippen molar-refractivity contribution >= 4 is 5.91 Å². The highest BCUT2D eigenvalue weighted by Gasteiger charge is 2.26. The molecule has 1 aliphatic rings. The summed E-state index contributed by atoms with van der Waals surface area (Å²) in [7, 11) is 1.64. The SMILES string of the molecule is COc1cccc(CC(=O)NCCc2cc(C)n(C3CC3)c2C)c1. The van der Waals surface area contributed by atoms with Gasteiger partial charge in [-0.2, -0.15) is 0 Å². The van der Waals surface area contributed by atoms with Crippen LogP contribution in [0.25, 0.3) is 0 Å². The molecule has 1 aliphatic carbocycles. The molecule has 1 heterocycles. The summed E-state index contributed by atoms with van der Waals surface area (Å²) in [5, 5.41) is 3.03. The van der Waals surface area contributed by atoms with E-state index in [4.69, 9.17) is 4.74 Å². The van der Waals surface area contributed by atoms with Gasteiger partial charge in [-0.25, -0.2) is 0 Å². The van der Waals surface area contributed by atoms with E-state index in [1.807, 2.05) is 24.3 Å². The molecular weight excluding hydrogens is 300 g/mol. The zero-order chi connectivity index (χ0) is 17.1. The van der Waals surface area contributed by atoms with E-state index in [1.165, 1.54) is 29.8 Å². The number of aryl methyl sites for hydroxylation is 1. The number of carbonyl (C=O) groups excluding carboxylic acids is 1. The minimum absolute atomic E-state index is 0.0549. The van der Waals surface area contributed by atoms with Gasteiger partial charge in [0.1, 0.15) is 5.75 Å². The monoisotopic (exact) mass is 326 g/mol. The number of benzene rings is 1. The normalized spacial score (nSPS) is 13.8. The third-order valence-corrected chi connectivity index (χ3v) is 4.72. The Kier molecular flexibility index (Phi) is 4.93. The van der Waals surface area contributed by atoms with Gasteiger partial charge in [-0.3, -0.25) is 4.79 Å². The van der Waals surface area contributed by atoms with Crippen molar-refractivity contribution in [3.63, 3.8) is 0 Å². The Bertz CT molecular complexity index is 729. The second kappa shape index (κ2) is 7.12. The molecule has 1 saturated carbocycles. The van der Waals surface area contributed by atoms with Crippen LogP contribution in [0.1, 0.15) is 41.4 Å². The van der Waals surface area contributed by atoms with Crippen LogP contribution in [-0.2, 0) is 17.6 Å². The fourth-order valence-electron chi connectivity index (χ4n) is 3.36. The van der Waals surface area contributed by atoms with Gasteiger partial charge < -0.3 is 14.6 Å². The maximum absolute atomic E-state index is 12.1. The fourth-order valence-corrected chi connectivity index (χ4v) is 3.36. The molecule has 0 saturated heterocycles. The summed E-state index contributed by atoms with van der Waals surface area (Å²) in [6.45, 7) is 5.05. The number of hydrogen-bond acceptors (Lipinski definition) is 2. The first kappa shape index (κ1) is 16.6. The van der Waals surface area contributed by atoms with E-state index in [0.717, 1.165) is 17.7 Å². The molecule has 0 unspecified atom stereocenters. The van der Waals surface area contributed by atoms with Crippen LogP contribution in [0.15, 0.2) is 30.3 Å². The van der Waals surface area contributed by atoms with Gasteiger partial charge in [0.2, 0.25) is 5.91 Å². The summed E-state index contributed by atoms with van der Waals surface area (Å²) in [5.41, 5.74) is 5.02. The van der Waals surface area contributed by atoms with Crippen molar-refractivity contribution in [3.8, 4) is 5.75 Å². The first-order valence-electron chi connectivity index (χ1n) is 8.65. The van der Waals surface area contributed by atoms with E-state index in [-0.39, 0.29) is 5.91 Å². The van der Waals surface area contributed by atoms with Crippen molar-refractivity contribution in [1.29, 1.82) is 0 Å². The maximum atomic E-state index is 12.1. The Hall–Kier alpha value is -2.23. The number of methoxy groups -OCH3 is 1. The van der Waals surface area contributed by atoms with E-state index in [1.54, 1.807) is 7.11 Å². The van der Waals surface area contributed by atoms with Gasteiger partial charge in [-0.05, 0) is 62.4 Å². The minimum atomic E-state index is 0.0549. The minimum Gasteiger partial charge on any atom is -0.497 e. The highest BCUT2D eigenvalue weighted by atomic mass is 16.5. The number of amides is 1. The molecule has 0 bridgehead atoms. The molecular formula is C20H26N2O2. The molecule has 128 valence electrons. The first-order valence-corrected chi connectivity index (χ1v) is 8.65. The second-order valence-electron chi connectivity index (χ2n) is 6.63. The van der Waals surface area contributed by atoms with Gasteiger partial charge in [-0.15, -0.1) is 0 Å². The molecule has 4 heteroatoms. The zero-order valence-corrected chi connectivity index (χ0v) is 14.8. The molecule has 1 aromatic carbocycles. The molecule has 1 N–H and O–H groups in total. The van der Waals surface area contributed by atoms with Gasteiger partial charge in [-0.1, -0.05) is 12.1 Å². The van der Waals surface area contributed by atoms with Crippen LogP contribution in [-0.4, -0.2) is 24.1 Å². The lowest BCUT2D eigenvalue weighted by atomic mass is 10.1. The van der Waals surface area contributed by atoms with Crippen LogP contribution in [0.2, 0.25) is 0 Å². The van der Waals surface area contributed by atoms with Gasteiger partial charge in [0.25, 0.3) is 0 Å². The molecule has 4 nitrogen and oxygen atoms in total. The van der Waals surface area contributed by atoms with E-state index in [2.05, 4.69) is 29.8 Å². The van der Waals surface area contributed by atoms with Crippen LogP contribution >= 0.6 is 0 Å². The Labute approximate surface area is 143 Å². The number of aromatic nitrogens is 1. The van der Waals surface area contributed by atoms with Crippen LogP contribution in [0.3, 0.4) is 0 Å². The highest BCUT2D eigenvalue weighted by Crippen LogP contribution is 2.38. The molecule has 3 rings (SSSR count). The number of rotatable bonds is 7. The molecule has 0 spiro atoms. The molecule has 2 aromatic rings. The highest BCUT2D eigenvalue weighted by molar-refractivity contribution is 5.78. The largest absolute Gasteiger partial charge is 0.497 e. The number of nitrogens with zero attached hydrogens (tertiary/aromatic N) is 1. The molecule has 0 atom stereocenters. The predicted octanol–water partition coefficient (Wildman–Crippen LogP) is 3.35. The van der Waals surface area contributed by atoms with E-state index in [0.29, 0.717) is 19.0 Å². The zero-order valence-electron chi connectivity index (χ0n) is 14.8. The van der Waals surface area contributed by atoms with E-state index >= 15 is 0 Å². The average molecular weight is 326 g/mol. The standard InChI is InChI=1S/C20H26N2O2/c1-14-11-17(15(2)22(14)18-7-8-18)9-10-21-20(23)13-16-5-4-6-19(12-16)24-3/h4-6,11-12,18H,7-10,13H2,1-3H3,(H,21,23). The Morgan fingerprint density at radius 3 is 2.79 bits per heavy atom. The topological polar surface area (TPSA) is 43.3 Å². The van der Waals surface area contributed by atoms with Crippen LogP contribution in [0, 0.1) is 13.8 Å². The van der Waals surface area contributed by atoms with Gasteiger partial charge >= 0.3 is 0 Å². The van der Waals surface area contributed by atoms with E-state index in [9.17, 15) is 4.79 Å². The lowest BCUT2D eigenvalue weighted by molar-refractivity contribution is -0.120. The van der Waals surface area contributed by atoms with Crippen molar-refractivity contribution < 1.29 is 9.53 Å². The number of hydrogen-bond donors (Lipinski definition) is 1. The average Bonchev–Trinajstić information content (AvgIpc) is 3.34. The molecule has 1 amide bonds. The van der Waals surface area contributed by atoms with Gasteiger partial charge in [0.05, 0.1) is 13.5 Å². The first-order chi connectivity index (χ1) is 11.6. The fraction of sp³-hybridized carbons (Fsp3) is 0.450. The lowest BCUT2D eigenvalue weighted by Gasteiger charge is -2.09. The van der Waals surface area contributed by atoms with Crippen molar-refractivity contribution in [2.75, 3.05) is 13.7 Å². The van der Waals surface area contributed by atoms with Crippen molar-refractivity contribution in [2.45, 2.75) is 45.6 Å². The summed E-state index contributed by atoms with van der Waals surface area (Å²) in [5.74, 6) is 0.840. The summed E-state index contributed by atoms with van der Waals surface area (Å²) in [6.07, 6.45) is 3.87. The third kappa shape index (κ3) is 3.81. The number of ether oxygens (including phenoxy) is 1. The van der Waals surface area contributed by atoms with E-state index < -0.39 is 0 Å². The summed E-state index contributed by atoms with van der Waals surface area (Å²) >= 11 is 0. The van der Waals surface area contributed by atoms with Crippen LogP contribution in [0.5, 0.6) is 5.75 Å². The summed E-state index contributed by atoms with van der Waals surface area (Å²) in [6, 6.07) is 10.6. The molecule has 1 fully saturated rings. The quantitative estimate of drug-likeness (QED) is 0.848. The molecule has 24 heavy (non-hydrogen) atoms. The molecule has 1 aromatic heterocycles. The van der Waals surface area contributed by atoms with Gasteiger partial charge in [0.15, 0.2) is 0 Å². The Balaban J connectivity index is 1.51.